The van der Waals surface area contributed by atoms with Crippen molar-refractivity contribution >= 4 is 39.1 Å². The van der Waals surface area contributed by atoms with Gasteiger partial charge in [-0.15, -0.1) is 0 Å². The first-order valence-electron chi connectivity index (χ1n) is 4.49. The molecule has 1 amide bonds. The minimum Gasteiger partial charge on any atom is -0.381 e. The molecular formula is C8H13Cl2NO4S. The number of rotatable bonds is 7. The van der Waals surface area contributed by atoms with Gasteiger partial charge >= 0.3 is 0 Å². The number of carbonyl (C=O) groups is 1. The van der Waals surface area contributed by atoms with Gasteiger partial charge in [0.05, 0.1) is 18.8 Å². The highest BCUT2D eigenvalue weighted by molar-refractivity contribution is 7.90. The van der Waals surface area contributed by atoms with Gasteiger partial charge in [0.2, 0.25) is 15.9 Å². The molecular weight excluding hydrogens is 277 g/mol. The standard InChI is InChI=1S/C8H13Cl2NO4S/c1-2-15-5-3-8(12)11-16(13,14)6-4-7(9)10/h4H,2-3,5-6H2,1H3,(H,11,12). The van der Waals surface area contributed by atoms with Crippen LogP contribution in [0.2, 0.25) is 0 Å². The van der Waals surface area contributed by atoms with E-state index in [9.17, 15) is 13.2 Å². The molecule has 0 saturated carbocycles. The highest BCUT2D eigenvalue weighted by atomic mass is 35.5. The summed E-state index contributed by atoms with van der Waals surface area (Å²) in [6.07, 6.45) is 1.08. The molecule has 94 valence electrons. The second kappa shape index (κ2) is 7.89. The smallest absolute Gasteiger partial charge is 0.238 e. The number of sulfonamides is 1. The van der Waals surface area contributed by atoms with Crippen LogP contribution in [-0.2, 0) is 19.6 Å². The van der Waals surface area contributed by atoms with E-state index in [2.05, 4.69) is 0 Å². The van der Waals surface area contributed by atoms with Gasteiger partial charge in [-0.25, -0.2) is 8.42 Å². The van der Waals surface area contributed by atoms with Gasteiger partial charge in [-0.05, 0) is 13.0 Å². The summed E-state index contributed by atoms with van der Waals surface area (Å²) in [6, 6.07) is 0. The maximum atomic E-state index is 11.2. The molecule has 0 aliphatic carbocycles. The highest BCUT2D eigenvalue weighted by Gasteiger charge is 2.12. The number of hydrogen-bond acceptors (Lipinski definition) is 4. The molecule has 0 rings (SSSR count). The van der Waals surface area contributed by atoms with E-state index in [1.165, 1.54) is 0 Å². The molecule has 0 aromatic rings. The van der Waals surface area contributed by atoms with E-state index in [-0.39, 0.29) is 17.5 Å². The largest absolute Gasteiger partial charge is 0.381 e. The first-order chi connectivity index (χ1) is 7.37. The molecule has 0 heterocycles. The minimum atomic E-state index is -3.71. The molecule has 16 heavy (non-hydrogen) atoms. The van der Waals surface area contributed by atoms with E-state index in [0.29, 0.717) is 6.61 Å². The Morgan fingerprint density at radius 1 is 1.44 bits per heavy atom. The number of hydrogen-bond donors (Lipinski definition) is 1. The normalized spacial score (nSPS) is 10.9. The van der Waals surface area contributed by atoms with Crippen LogP contribution in [0.3, 0.4) is 0 Å². The van der Waals surface area contributed by atoms with E-state index in [4.69, 9.17) is 27.9 Å². The van der Waals surface area contributed by atoms with Crippen molar-refractivity contribution in [3.63, 3.8) is 0 Å². The van der Waals surface area contributed by atoms with Gasteiger partial charge in [-0.2, -0.15) is 0 Å². The number of amides is 1. The van der Waals surface area contributed by atoms with Crippen LogP contribution >= 0.6 is 23.2 Å². The Bertz CT molecular complexity index is 349. The average Bonchev–Trinajstić information content (AvgIpc) is 2.15. The van der Waals surface area contributed by atoms with Crippen LogP contribution in [0.1, 0.15) is 13.3 Å². The second-order valence-electron chi connectivity index (χ2n) is 2.75. The Morgan fingerprint density at radius 2 is 2.06 bits per heavy atom. The molecule has 0 aromatic heterocycles. The molecule has 0 radical (unpaired) electrons. The van der Waals surface area contributed by atoms with Crippen molar-refractivity contribution < 1.29 is 17.9 Å². The first-order valence-corrected chi connectivity index (χ1v) is 6.90. The topological polar surface area (TPSA) is 72.5 Å². The summed E-state index contributed by atoms with van der Waals surface area (Å²) < 4.78 is 29.1. The van der Waals surface area contributed by atoms with Gasteiger partial charge in [0.15, 0.2) is 0 Å². The third kappa shape index (κ3) is 8.96. The molecule has 0 aromatic carbocycles. The number of nitrogens with one attached hydrogen (secondary N) is 1. The average molecular weight is 290 g/mol. The zero-order chi connectivity index (χ0) is 12.6. The fraction of sp³-hybridized carbons (Fsp3) is 0.625. The van der Waals surface area contributed by atoms with Gasteiger partial charge in [-0.1, -0.05) is 23.2 Å². The van der Waals surface area contributed by atoms with Crippen molar-refractivity contribution in [1.29, 1.82) is 0 Å². The maximum absolute atomic E-state index is 11.2. The third-order valence-electron chi connectivity index (χ3n) is 1.40. The monoisotopic (exact) mass is 289 g/mol. The van der Waals surface area contributed by atoms with Crippen LogP contribution in [0.25, 0.3) is 0 Å². The predicted octanol–water partition coefficient (Wildman–Crippen LogP) is 1.18. The SMILES string of the molecule is CCOCCC(=O)NS(=O)(=O)CC=C(Cl)Cl. The molecule has 0 aliphatic rings. The summed E-state index contributed by atoms with van der Waals surface area (Å²) in [4.78, 5) is 11.1. The van der Waals surface area contributed by atoms with Crippen molar-refractivity contribution in [3.05, 3.63) is 10.6 Å². The van der Waals surface area contributed by atoms with Crippen molar-refractivity contribution in [3.8, 4) is 0 Å². The molecule has 8 heteroatoms. The molecule has 5 nitrogen and oxygen atoms in total. The van der Waals surface area contributed by atoms with Gasteiger partial charge in [0, 0.05) is 6.61 Å². The minimum absolute atomic E-state index is 0.00854. The summed E-state index contributed by atoms with van der Waals surface area (Å²) in [5, 5.41) is 0. The number of carbonyl (C=O) groups excluding carboxylic acids is 1. The molecule has 0 atom stereocenters. The molecule has 0 saturated heterocycles. The predicted molar refractivity (Wildman–Crippen MR) is 62.8 cm³/mol. The Kier molecular flexibility index (Phi) is 7.74. The van der Waals surface area contributed by atoms with Crippen molar-refractivity contribution in [2.75, 3.05) is 19.0 Å². The van der Waals surface area contributed by atoms with Crippen molar-refractivity contribution in [1.82, 2.24) is 4.72 Å². The van der Waals surface area contributed by atoms with Gasteiger partial charge < -0.3 is 4.74 Å². The van der Waals surface area contributed by atoms with Crippen LogP contribution in [0.15, 0.2) is 10.6 Å². The van der Waals surface area contributed by atoms with Crippen molar-refractivity contribution in [2.45, 2.75) is 13.3 Å². The Hall–Kier alpha value is -0.300. The summed E-state index contributed by atoms with van der Waals surface area (Å²) in [7, 11) is -3.71. The lowest BCUT2D eigenvalue weighted by Crippen LogP contribution is -2.32. The van der Waals surface area contributed by atoms with Gasteiger partial charge in [-0.3, -0.25) is 9.52 Å². The van der Waals surface area contributed by atoms with Crippen LogP contribution in [-0.4, -0.2) is 33.3 Å². The molecule has 0 aliphatic heterocycles. The number of ether oxygens (including phenoxy) is 1. The van der Waals surface area contributed by atoms with Crippen LogP contribution in [0, 0.1) is 0 Å². The van der Waals surface area contributed by atoms with Gasteiger partial charge in [0.25, 0.3) is 0 Å². The lowest BCUT2D eigenvalue weighted by atomic mass is 10.4. The lowest BCUT2D eigenvalue weighted by molar-refractivity contribution is -0.120. The fourth-order valence-corrected chi connectivity index (χ4v) is 2.00. The van der Waals surface area contributed by atoms with Gasteiger partial charge in [0.1, 0.15) is 4.49 Å². The summed E-state index contributed by atoms with van der Waals surface area (Å²) in [5.74, 6) is -1.05. The van der Waals surface area contributed by atoms with E-state index in [1.807, 2.05) is 4.72 Å². The summed E-state index contributed by atoms with van der Waals surface area (Å²) in [6.45, 7) is 2.44. The first kappa shape index (κ1) is 15.7. The second-order valence-corrected chi connectivity index (χ2v) is 5.52. The molecule has 1 N–H and O–H groups in total. The Labute approximate surface area is 105 Å². The van der Waals surface area contributed by atoms with Crippen LogP contribution in [0.5, 0.6) is 0 Å². The molecule has 0 fully saturated rings. The Balaban J connectivity index is 4.06. The Morgan fingerprint density at radius 3 is 2.56 bits per heavy atom. The van der Waals surface area contributed by atoms with E-state index >= 15 is 0 Å². The zero-order valence-electron chi connectivity index (χ0n) is 8.70. The van der Waals surface area contributed by atoms with Crippen LogP contribution < -0.4 is 4.72 Å². The van der Waals surface area contributed by atoms with Crippen LogP contribution in [0.4, 0.5) is 0 Å². The zero-order valence-corrected chi connectivity index (χ0v) is 11.0. The quantitative estimate of drug-likeness (QED) is 0.715. The highest BCUT2D eigenvalue weighted by Crippen LogP contribution is 2.06. The summed E-state index contributed by atoms with van der Waals surface area (Å²) in [5.41, 5.74) is 0. The lowest BCUT2D eigenvalue weighted by Gasteiger charge is -2.04. The maximum Gasteiger partial charge on any atom is 0.238 e. The molecule has 0 spiro atoms. The molecule has 0 bridgehead atoms. The molecule has 0 unspecified atom stereocenters. The van der Waals surface area contributed by atoms with Crippen molar-refractivity contribution in [2.24, 2.45) is 0 Å². The van der Waals surface area contributed by atoms with E-state index in [1.54, 1.807) is 6.92 Å². The number of halogens is 2. The fourth-order valence-electron chi connectivity index (χ4n) is 0.748. The van der Waals surface area contributed by atoms with E-state index in [0.717, 1.165) is 6.08 Å². The van der Waals surface area contributed by atoms with E-state index < -0.39 is 21.7 Å². The third-order valence-corrected chi connectivity index (χ3v) is 2.86. The summed E-state index contributed by atoms with van der Waals surface area (Å²) >= 11 is 10.5.